The van der Waals surface area contributed by atoms with Gasteiger partial charge in [-0.25, -0.2) is 4.79 Å². The number of hydrogen-bond donors (Lipinski definition) is 1. The second-order valence-electron chi connectivity index (χ2n) is 6.12. The Balaban J connectivity index is 2.16. The summed E-state index contributed by atoms with van der Waals surface area (Å²) >= 11 is 6.01. The lowest BCUT2D eigenvalue weighted by Gasteiger charge is -2.31. The molecule has 1 aliphatic heterocycles. The molecule has 0 amide bonds. The van der Waals surface area contributed by atoms with Crippen LogP contribution >= 0.6 is 11.6 Å². The molecule has 0 aliphatic carbocycles. The van der Waals surface area contributed by atoms with Gasteiger partial charge in [-0.2, -0.15) is 0 Å². The van der Waals surface area contributed by atoms with Crippen molar-refractivity contribution < 1.29 is 9.90 Å². The summed E-state index contributed by atoms with van der Waals surface area (Å²) in [5.41, 5.74) is 1.42. The zero-order valence-corrected chi connectivity index (χ0v) is 12.4. The monoisotopic (exact) mass is 281 g/mol. The van der Waals surface area contributed by atoms with Crippen LogP contribution in [0.4, 0.5) is 0 Å². The van der Waals surface area contributed by atoms with Crippen LogP contribution in [0.5, 0.6) is 0 Å². The standard InChI is InChI=1S/C15H20ClNO2/c1-10-7-15(2,3)17(8-10)9-11-4-5-12(14(18)19)13(16)6-11/h4-6,10H,7-9H2,1-3H3,(H,18,19). The summed E-state index contributed by atoms with van der Waals surface area (Å²) in [6.45, 7) is 8.66. The fourth-order valence-electron chi connectivity index (χ4n) is 3.00. The van der Waals surface area contributed by atoms with Crippen LogP contribution in [0.15, 0.2) is 18.2 Å². The van der Waals surface area contributed by atoms with E-state index in [1.54, 1.807) is 12.1 Å². The molecule has 1 fully saturated rings. The second kappa shape index (κ2) is 5.14. The van der Waals surface area contributed by atoms with E-state index in [0.29, 0.717) is 10.9 Å². The molecule has 1 unspecified atom stereocenters. The summed E-state index contributed by atoms with van der Waals surface area (Å²) in [5, 5.41) is 9.28. The minimum absolute atomic E-state index is 0.166. The maximum absolute atomic E-state index is 10.9. The van der Waals surface area contributed by atoms with E-state index < -0.39 is 5.97 Å². The summed E-state index contributed by atoms with van der Waals surface area (Å²) in [6.07, 6.45) is 1.19. The average molecular weight is 282 g/mol. The average Bonchev–Trinajstić information content (AvgIpc) is 2.51. The van der Waals surface area contributed by atoms with Gasteiger partial charge in [-0.15, -0.1) is 0 Å². The van der Waals surface area contributed by atoms with Crippen LogP contribution in [0.1, 0.15) is 43.1 Å². The molecule has 2 rings (SSSR count). The summed E-state index contributed by atoms with van der Waals surface area (Å²) in [6, 6.07) is 5.21. The van der Waals surface area contributed by atoms with Gasteiger partial charge in [0.2, 0.25) is 0 Å². The number of carbonyl (C=O) groups is 1. The molecule has 0 spiro atoms. The third-order valence-corrected chi connectivity index (χ3v) is 4.19. The van der Waals surface area contributed by atoms with Gasteiger partial charge in [0, 0.05) is 18.6 Å². The number of benzene rings is 1. The maximum Gasteiger partial charge on any atom is 0.337 e. The number of nitrogens with zero attached hydrogens (tertiary/aromatic N) is 1. The molecule has 1 N–H and O–H groups in total. The molecule has 0 aromatic heterocycles. The topological polar surface area (TPSA) is 40.5 Å². The van der Waals surface area contributed by atoms with Gasteiger partial charge in [-0.3, -0.25) is 4.90 Å². The highest BCUT2D eigenvalue weighted by Crippen LogP contribution is 2.33. The normalized spacial score (nSPS) is 22.6. The molecular weight excluding hydrogens is 262 g/mol. The summed E-state index contributed by atoms with van der Waals surface area (Å²) in [4.78, 5) is 13.4. The molecule has 1 aromatic carbocycles. The van der Waals surface area contributed by atoms with Gasteiger partial charge in [-0.1, -0.05) is 24.6 Å². The van der Waals surface area contributed by atoms with E-state index in [9.17, 15) is 4.79 Å². The van der Waals surface area contributed by atoms with Gasteiger partial charge in [0.05, 0.1) is 10.6 Å². The van der Waals surface area contributed by atoms with Gasteiger partial charge in [0.25, 0.3) is 0 Å². The van der Waals surface area contributed by atoms with Crippen molar-refractivity contribution in [1.82, 2.24) is 4.90 Å². The predicted octanol–water partition coefficient (Wildman–Crippen LogP) is 3.66. The summed E-state index contributed by atoms with van der Waals surface area (Å²) in [5.74, 6) is -0.282. The van der Waals surface area contributed by atoms with Crippen LogP contribution < -0.4 is 0 Å². The molecule has 1 aromatic rings. The Morgan fingerprint density at radius 1 is 1.53 bits per heavy atom. The molecule has 0 radical (unpaired) electrons. The molecule has 1 aliphatic rings. The minimum atomic E-state index is -0.980. The van der Waals surface area contributed by atoms with Crippen LogP contribution in [0.2, 0.25) is 5.02 Å². The highest BCUT2D eigenvalue weighted by atomic mass is 35.5. The van der Waals surface area contributed by atoms with E-state index in [0.717, 1.165) is 18.7 Å². The number of rotatable bonds is 3. The van der Waals surface area contributed by atoms with Gasteiger partial charge in [-0.05, 0) is 43.9 Å². The van der Waals surface area contributed by atoms with Gasteiger partial charge >= 0.3 is 5.97 Å². The van der Waals surface area contributed by atoms with Crippen LogP contribution in [0.3, 0.4) is 0 Å². The molecule has 0 bridgehead atoms. The maximum atomic E-state index is 10.9. The summed E-state index contributed by atoms with van der Waals surface area (Å²) < 4.78 is 0. The zero-order valence-electron chi connectivity index (χ0n) is 11.6. The highest BCUT2D eigenvalue weighted by Gasteiger charge is 2.35. The van der Waals surface area contributed by atoms with Crippen LogP contribution in [-0.2, 0) is 6.54 Å². The quantitative estimate of drug-likeness (QED) is 0.919. The second-order valence-corrected chi connectivity index (χ2v) is 6.53. The largest absolute Gasteiger partial charge is 0.478 e. The number of hydrogen-bond acceptors (Lipinski definition) is 2. The molecule has 1 heterocycles. The van der Waals surface area contributed by atoms with Gasteiger partial charge < -0.3 is 5.11 Å². The smallest absolute Gasteiger partial charge is 0.337 e. The predicted molar refractivity (Wildman–Crippen MR) is 76.7 cm³/mol. The Hall–Kier alpha value is -1.06. The lowest BCUT2D eigenvalue weighted by atomic mass is 9.97. The Bertz CT molecular complexity index is 499. The van der Waals surface area contributed by atoms with Gasteiger partial charge in [0.1, 0.15) is 0 Å². The number of likely N-dealkylation sites (tertiary alicyclic amines) is 1. The minimum Gasteiger partial charge on any atom is -0.478 e. The lowest BCUT2D eigenvalue weighted by Crippen LogP contribution is -2.37. The van der Waals surface area contributed by atoms with Crippen LogP contribution in [0, 0.1) is 5.92 Å². The van der Waals surface area contributed by atoms with E-state index in [1.807, 2.05) is 6.07 Å². The van der Waals surface area contributed by atoms with Crippen molar-refractivity contribution in [1.29, 1.82) is 0 Å². The molecule has 1 atom stereocenters. The third-order valence-electron chi connectivity index (χ3n) is 3.87. The van der Waals surface area contributed by atoms with Crippen molar-refractivity contribution >= 4 is 17.6 Å². The lowest BCUT2D eigenvalue weighted by molar-refractivity contribution is 0.0697. The SMILES string of the molecule is CC1CN(Cc2ccc(C(=O)O)c(Cl)c2)C(C)(C)C1. The van der Waals surface area contributed by atoms with Crippen molar-refractivity contribution in [3.05, 3.63) is 34.3 Å². The van der Waals surface area contributed by atoms with Crippen molar-refractivity contribution in [2.45, 2.75) is 39.3 Å². The number of carboxylic acids is 1. The zero-order chi connectivity index (χ0) is 14.2. The number of aromatic carboxylic acids is 1. The Morgan fingerprint density at radius 2 is 2.21 bits per heavy atom. The van der Waals surface area contributed by atoms with E-state index in [-0.39, 0.29) is 11.1 Å². The van der Waals surface area contributed by atoms with Crippen LogP contribution in [0.25, 0.3) is 0 Å². The van der Waals surface area contributed by atoms with Crippen molar-refractivity contribution in [2.75, 3.05) is 6.54 Å². The molecule has 104 valence electrons. The number of carboxylic acid groups (broad SMARTS) is 1. The Labute approximate surface area is 119 Å². The summed E-state index contributed by atoms with van der Waals surface area (Å²) in [7, 11) is 0. The first-order valence-corrected chi connectivity index (χ1v) is 6.94. The first-order chi connectivity index (χ1) is 8.79. The molecule has 0 saturated carbocycles. The van der Waals surface area contributed by atoms with Crippen molar-refractivity contribution in [3.63, 3.8) is 0 Å². The van der Waals surface area contributed by atoms with Crippen molar-refractivity contribution in [3.8, 4) is 0 Å². The molecule has 4 heteroatoms. The molecule has 1 saturated heterocycles. The first-order valence-electron chi connectivity index (χ1n) is 6.56. The third kappa shape index (κ3) is 3.10. The van der Waals surface area contributed by atoms with Gasteiger partial charge in [0.15, 0.2) is 0 Å². The Kier molecular flexibility index (Phi) is 3.88. The first kappa shape index (κ1) is 14.4. The number of halogens is 1. The van der Waals surface area contributed by atoms with E-state index in [2.05, 4.69) is 25.7 Å². The highest BCUT2D eigenvalue weighted by molar-refractivity contribution is 6.33. The van der Waals surface area contributed by atoms with E-state index in [1.165, 1.54) is 6.42 Å². The molecule has 3 nitrogen and oxygen atoms in total. The van der Waals surface area contributed by atoms with E-state index in [4.69, 9.17) is 16.7 Å². The van der Waals surface area contributed by atoms with Crippen molar-refractivity contribution in [2.24, 2.45) is 5.92 Å². The van der Waals surface area contributed by atoms with Crippen LogP contribution in [-0.4, -0.2) is 28.1 Å². The van der Waals surface area contributed by atoms with E-state index >= 15 is 0 Å². The fourth-order valence-corrected chi connectivity index (χ4v) is 3.28. The fraction of sp³-hybridized carbons (Fsp3) is 0.533. The Morgan fingerprint density at radius 3 is 2.68 bits per heavy atom. The molecular formula is C15H20ClNO2. The molecule has 19 heavy (non-hydrogen) atoms.